The predicted octanol–water partition coefficient (Wildman–Crippen LogP) is 13.5. The van der Waals surface area contributed by atoms with E-state index in [0.29, 0.717) is 19.6 Å². The number of thioether (sulfide) groups is 4. The maximum absolute atomic E-state index is 14.7. The molecule has 0 spiro atoms. The lowest BCUT2D eigenvalue weighted by Crippen LogP contribution is -2.09. The van der Waals surface area contributed by atoms with Crippen LogP contribution in [0.2, 0.25) is 0 Å². The summed E-state index contributed by atoms with van der Waals surface area (Å²) in [6.45, 7) is 1.52. The van der Waals surface area contributed by atoms with E-state index in [1.165, 1.54) is 6.92 Å². The van der Waals surface area contributed by atoms with Gasteiger partial charge in [-0.3, -0.25) is 9.13 Å². The average molecular weight is 807 g/mol. The Bertz CT molecular complexity index is 1380. The normalized spacial score (nSPS) is 12.1. The molecule has 0 saturated heterocycles. The standard InChI is InChI=1S/C30H32O6P2S8/c1-22(37(31,33-43-27-14-6-23(39-2)7-15-27)34-44-28-16-8-24(40-3)9-17-28)38(32,35-45-29-18-10-25(41-4)11-19-29)36-46-30-20-12-26(42-5)13-21-30/h6-22H,1-5H3. The molecule has 0 heterocycles. The molecule has 4 aromatic rings. The first-order chi connectivity index (χ1) is 22.2. The molecule has 0 bridgehead atoms. The molecule has 16 heteroatoms. The predicted molar refractivity (Wildman–Crippen MR) is 205 cm³/mol. The van der Waals surface area contributed by atoms with Gasteiger partial charge in [0.15, 0.2) is 5.40 Å². The fraction of sp³-hybridized carbons (Fsp3) is 0.200. The number of benzene rings is 4. The zero-order chi connectivity index (χ0) is 33.0. The SMILES string of the molecule is CSc1ccc(SOP(=O)(OSc2ccc(SC)cc2)C(C)P(=O)(OSc2ccc(SC)cc2)OSc2ccc(SC)cc2)cc1. The summed E-state index contributed by atoms with van der Waals surface area (Å²) >= 11 is 10.1. The number of rotatable bonds is 18. The van der Waals surface area contributed by atoms with Gasteiger partial charge in [0.25, 0.3) is 0 Å². The summed E-state index contributed by atoms with van der Waals surface area (Å²) in [5.41, 5.74) is 0. The van der Waals surface area contributed by atoms with Crippen LogP contribution in [0, 0.1) is 0 Å². The first-order valence-corrected chi connectivity index (χ1v) is 24.5. The third kappa shape index (κ3) is 11.5. The minimum Gasteiger partial charge on any atom is -0.257 e. The molecule has 0 fully saturated rings. The molecule has 0 unspecified atom stereocenters. The molecule has 0 saturated carbocycles. The van der Waals surface area contributed by atoms with Gasteiger partial charge in [-0.2, -0.15) is 0 Å². The van der Waals surface area contributed by atoms with Crippen LogP contribution in [0.1, 0.15) is 6.92 Å². The van der Waals surface area contributed by atoms with Crippen LogP contribution >= 0.6 is 110 Å². The summed E-state index contributed by atoms with van der Waals surface area (Å²) in [5, 5.41) is -1.30. The molecule has 0 aliphatic rings. The van der Waals surface area contributed by atoms with Gasteiger partial charge in [-0.1, -0.05) is 0 Å². The van der Waals surface area contributed by atoms with Crippen LogP contribution < -0.4 is 0 Å². The zero-order valence-corrected chi connectivity index (χ0v) is 33.7. The van der Waals surface area contributed by atoms with Gasteiger partial charge in [-0.25, -0.2) is 15.9 Å². The topological polar surface area (TPSA) is 71.1 Å². The minimum absolute atomic E-state index is 0.714. The quantitative estimate of drug-likeness (QED) is 0.0544. The average Bonchev–Trinajstić information content (AvgIpc) is 3.12. The highest BCUT2D eigenvalue weighted by atomic mass is 32.2. The third-order valence-electron chi connectivity index (χ3n) is 6.10. The summed E-state index contributed by atoms with van der Waals surface area (Å²) in [4.78, 5) is 7.18. The van der Waals surface area contributed by atoms with Gasteiger partial charge in [0.1, 0.15) is 0 Å². The monoisotopic (exact) mass is 806 g/mol. The molecule has 4 aromatic carbocycles. The molecule has 6 nitrogen and oxygen atoms in total. The molecule has 0 aromatic heterocycles. The Morgan fingerprint density at radius 1 is 0.391 bits per heavy atom. The van der Waals surface area contributed by atoms with E-state index in [-0.39, 0.29) is 0 Å². The summed E-state index contributed by atoms with van der Waals surface area (Å²) in [5.74, 6) is 0. The van der Waals surface area contributed by atoms with Crippen molar-refractivity contribution in [2.24, 2.45) is 0 Å². The fourth-order valence-electron chi connectivity index (χ4n) is 3.35. The lowest BCUT2D eigenvalue weighted by molar-refractivity contribution is 0.400. The fourth-order valence-corrected chi connectivity index (χ4v) is 14.4. The first kappa shape index (κ1) is 38.8. The Kier molecular flexibility index (Phi) is 16.3. The van der Waals surface area contributed by atoms with E-state index < -0.39 is 20.6 Å². The van der Waals surface area contributed by atoms with E-state index in [1.807, 2.05) is 122 Å². The Balaban J connectivity index is 1.62. The second-order valence-corrected chi connectivity index (χ2v) is 21.6. The molecule has 4 rings (SSSR count). The highest BCUT2D eigenvalue weighted by Gasteiger charge is 2.50. The Morgan fingerprint density at radius 3 is 0.739 bits per heavy atom. The summed E-state index contributed by atoms with van der Waals surface area (Å²) in [7, 11) is -8.40. The van der Waals surface area contributed by atoms with Crippen LogP contribution in [0.5, 0.6) is 0 Å². The van der Waals surface area contributed by atoms with E-state index in [2.05, 4.69) is 0 Å². The lowest BCUT2D eigenvalue weighted by atomic mass is 10.4. The Labute approximate surface area is 306 Å². The maximum atomic E-state index is 14.7. The summed E-state index contributed by atoms with van der Waals surface area (Å²) in [6.07, 6.45) is 7.97. The van der Waals surface area contributed by atoms with Crippen LogP contribution in [-0.2, 0) is 25.0 Å². The molecular weight excluding hydrogens is 775 g/mol. The zero-order valence-electron chi connectivity index (χ0n) is 25.4. The van der Waals surface area contributed by atoms with Crippen molar-refractivity contribution in [3.8, 4) is 0 Å². The lowest BCUT2D eigenvalue weighted by Gasteiger charge is -2.27. The van der Waals surface area contributed by atoms with Crippen molar-refractivity contribution in [2.45, 2.75) is 51.5 Å². The molecule has 0 atom stereocenters. The van der Waals surface area contributed by atoms with Gasteiger partial charge in [-0.05, 0) is 129 Å². The van der Waals surface area contributed by atoms with Crippen molar-refractivity contribution in [1.82, 2.24) is 0 Å². The smallest absolute Gasteiger partial charge is 0.257 e. The third-order valence-corrected chi connectivity index (χ3v) is 19.0. The van der Waals surface area contributed by atoms with Crippen molar-refractivity contribution in [3.05, 3.63) is 97.1 Å². The molecular formula is C30H32O6P2S8. The number of hydrogen-bond acceptors (Lipinski definition) is 14. The van der Waals surface area contributed by atoms with Gasteiger partial charge in [0, 0.05) is 87.3 Å². The van der Waals surface area contributed by atoms with E-state index >= 15 is 0 Å². The number of hydrogen-bond donors (Lipinski definition) is 0. The van der Waals surface area contributed by atoms with E-state index in [4.69, 9.17) is 15.9 Å². The Hall–Kier alpha value is -0.0200. The molecule has 0 amide bonds. The first-order valence-electron chi connectivity index (χ1n) is 13.4. The van der Waals surface area contributed by atoms with Crippen LogP contribution in [0.4, 0.5) is 0 Å². The molecule has 0 aliphatic heterocycles. The van der Waals surface area contributed by atoms with Crippen molar-refractivity contribution >= 4 is 110 Å². The molecule has 46 heavy (non-hydrogen) atoms. The van der Waals surface area contributed by atoms with Gasteiger partial charge in [0.05, 0.1) is 0 Å². The highest BCUT2D eigenvalue weighted by molar-refractivity contribution is 8.05. The highest BCUT2D eigenvalue weighted by Crippen LogP contribution is 2.75. The van der Waals surface area contributed by atoms with Gasteiger partial charge in [0.2, 0.25) is 0 Å². The second-order valence-electron chi connectivity index (χ2n) is 9.05. The summed E-state index contributed by atoms with van der Waals surface area (Å²) < 4.78 is 53.3. The van der Waals surface area contributed by atoms with Gasteiger partial charge in [-0.15, -0.1) is 47.0 Å². The van der Waals surface area contributed by atoms with Crippen molar-refractivity contribution in [3.63, 3.8) is 0 Å². The van der Waals surface area contributed by atoms with Gasteiger partial charge < -0.3 is 0 Å². The maximum Gasteiger partial charge on any atom is 0.368 e. The van der Waals surface area contributed by atoms with Crippen LogP contribution in [0.15, 0.2) is 136 Å². The van der Waals surface area contributed by atoms with Crippen LogP contribution in [0.3, 0.4) is 0 Å². The van der Waals surface area contributed by atoms with E-state index in [9.17, 15) is 9.13 Å². The molecule has 0 N–H and O–H groups in total. The Morgan fingerprint density at radius 2 is 0.565 bits per heavy atom. The summed E-state index contributed by atoms with van der Waals surface area (Å²) in [6, 6.07) is 30.5. The van der Waals surface area contributed by atoms with Crippen molar-refractivity contribution in [1.29, 1.82) is 0 Å². The van der Waals surface area contributed by atoms with E-state index in [1.54, 1.807) is 47.0 Å². The van der Waals surface area contributed by atoms with Crippen molar-refractivity contribution in [2.75, 3.05) is 25.0 Å². The molecule has 0 radical (unpaired) electrons. The van der Waals surface area contributed by atoms with Crippen LogP contribution in [-0.4, -0.2) is 30.4 Å². The van der Waals surface area contributed by atoms with Crippen LogP contribution in [0.25, 0.3) is 0 Å². The van der Waals surface area contributed by atoms with Crippen molar-refractivity contribution < 1.29 is 25.0 Å². The minimum atomic E-state index is -4.20. The largest absolute Gasteiger partial charge is 0.368 e. The molecule has 0 aliphatic carbocycles. The van der Waals surface area contributed by atoms with Gasteiger partial charge >= 0.3 is 15.2 Å². The molecule has 246 valence electrons. The second kappa shape index (κ2) is 19.4. The van der Waals surface area contributed by atoms with E-state index in [0.717, 1.165) is 67.8 Å².